The molecule has 0 unspecified atom stereocenters. The first kappa shape index (κ1) is 18.7. The molecule has 1 rings (SSSR count). The minimum Gasteiger partial charge on any atom is -0.464 e. The Bertz CT molecular complexity index is 559. The van der Waals surface area contributed by atoms with Crippen molar-refractivity contribution >= 4 is 17.8 Å². The van der Waals surface area contributed by atoms with Crippen molar-refractivity contribution < 1.29 is 19.1 Å². The zero-order chi connectivity index (χ0) is 17.5. The van der Waals surface area contributed by atoms with E-state index in [1.807, 2.05) is 12.1 Å². The van der Waals surface area contributed by atoms with Crippen molar-refractivity contribution in [1.29, 1.82) is 0 Å². The Balaban J connectivity index is 2.38. The Morgan fingerprint density at radius 2 is 1.65 bits per heavy atom. The van der Waals surface area contributed by atoms with Crippen LogP contribution in [0.4, 0.5) is 0 Å². The molecule has 0 saturated heterocycles. The first-order valence-corrected chi connectivity index (χ1v) is 7.49. The molecular formula is C17H24N2O4. The fourth-order valence-corrected chi connectivity index (χ4v) is 1.83. The standard InChI is InChI=1S/C17H24N2O4/c1-12(20)23-10-9-18-15(21)11-19-16(22)13-5-7-14(8-6-13)17(2,3)4/h5-8H,9-11H2,1-4H3,(H,18,21)(H,19,22). The van der Waals surface area contributed by atoms with E-state index in [4.69, 9.17) is 0 Å². The number of hydrogen-bond donors (Lipinski definition) is 2. The number of carbonyl (C=O) groups is 3. The number of ether oxygens (including phenoxy) is 1. The van der Waals surface area contributed by atoms with Crippen LogP contribution in [0.2, 0.25) is 0 Å². The number of rotatable bonds is 6. The van der Waals surface area contributed by atoms with E-state index in [2.05, 4.69) is 36.1 Å². The smallest absolute Gasteiger partial charge is 0.302 e. The SMILES string of the molecule is CC(=O)OCCNC(=O)CNC(=O)c1ccc(C(C)(C)C)cc1. The molecule has 0 aliphatic heterocycles. The fourth-order valence-electron chi connectivity index (χ4n) is 1.83. The van der Waals surface area contributed by atoms with Gasteiger partial charge in [0, 0.05) is 12.5 Å². The molecule has 126 valence electrons. The number of esters is 1. The van der Waals surface area contributed by atoms with Gasteiger partial charge < -0.3 is 15.4 Å². The summed E-state index contributed by atoms with van der Waals surface area (Å²) in [5, 5.41) is 5.09. The van der Waals surface area contributed by atoms with E-state index in [1.165, 1.54) is 6.92 Å². The van der Waals surface area contributed by atoms with Crippen LogP contribution in [0.1, 0.15) is 43.6 Å². The Morgan fingerprint density at radius 3 is 2.17 bits per heavy atom. The molecule has 0 aromatic heterocycles. The first-order valence-electron chi connectivity index (χ1n) is 7.49. The summed E-state index contributed by atoms with van der Waals surface area (Å²) >= 11 is 0. The van der Waals surface area contributed by atoms with Crippen LogP contribution in [-0.4, -0.2) is 37.5 Å². The molecule has 0 fully saturated rings. The van der Waals surface area contributed by atoms with Crippen molar-refractivity contribution in [2.24, 2.45) is 0 Å². The Labute approximate surface area is 136 Å². The molecule has 2 amide bonds. The molecule has 1 aromatic carbocycles. The third-order valence-electron chi connectivity index (χ3n) is 3.15. The minimum atomic E-state index is -0.397. The first-order chi connectivity index (χ1) is 10.7. The number of amides is 2. The topological polar surface area (TPSA) is 84.5 Å². The van der Waals surface area contributed by atoms with Crippen LogP contribution in [0.15, 0.2) is 24.3 Å². The summed E-state index contributed by atoms with van der Waals surface area (Å²) in [7, 11) is 0. The summed E-state index contributed by atoms with van der Waals surface area (Å²) in [5.74, 6) is -1.04. The Hall–Kier alpha value is -2.37. The molecule has 6 heteroatoms. The number of benzene rings is 1. The largest absolute Gasteiger partial charge is 0.464 e. The quantitative estimate of drug-likeness (QED) is 0.613. The van der Waals surface area contributed by atoms with Gasteiger partial charge in [-0.3, -0.25) is 14.4 Å². The zero-order valence-electron chi connectivity index (χ0n) is 14.1. The monoisotopic (exact) mass is 320 g/mol. The van der Waals surface area contributed by atoms with Crippen molar-refractivity contribution in [1.82, 2.24) is 10.6 Å². The van der Waals surface area contributed by atoms with Crippen molar-refractivity contribution in [2.75, 3.05) is 19.7 Å². The molecule has 0 atom stereocenters. The molecule has 0 aliphatic carbocycles. The van der Waals surface area contributed by atoms with E-state index in [1.54, 1.807) is 12.1 Å². The van der Waals surface area contributed by atoms with Gasteiger partial charge in [0.15, 0.2) is 0 Å². The van der Waals surface area contributed by atoms with Crippen LogP contribution >= 0.6 is 0 Å². The Morgan fingerprint density at radius 1 is 1.04 bits per heavy atom. The van der Waals surface area contributed by atoms with Crippen LogP contribution < -0.4 is 10.6 Å². The fraction of sp³-hybridized carbons (Fsp3) is 0.471. The summed E-state index contributed by atoms with van der Waals surface area (Å²) < 4.78 is 4.68. The molecule has 0 radical (unpaired) electrons. The third-order valence-corrected chi connectivity index (χ3v) is 3.15. The highest BCUT2D eigenvalue weighted by atomic mass is 16.5. The highest BCUT2D eigenvalue weighted by Crippen LogP contribution is 2.22. The van der Waals surface area contributed by atoms with E-state index in [-0.39, 0.29) is 36.9 Å². The average Bonchev–Trinajstić information content (AvgIpc) is 2.48. The van der Waals surface area contributed by atoms with Gasteiger partial charge >= 0.3 is 5.97 Å². The molecule has 0 aliphatic rings. The van der Waals surface area contributed by atoms with E-state index >= 15 is 0 Å². The van der Waals surface area contributed by atoms with E-state index in [0.717, 1.165) is 5.56 Å². The summed E-state index contributed by atoms with van der Waals surface area (Å²) in [6, 6.07) is 7.31. The third kappa shape index (κ3) is 6.95. The molecular weight excluding hydrogens is 296 g/mol. The molecule has 1 aromatic rings. The van der Waals surface area contributed by atoms with Gasteiger partial charge in [0.2, 0.25) is 5.91 Å². The number of nitrogens with one attached hydrogen (secondary N) is 2. The van der Waals surface area contributed by atoms with E-state index < -0.39 is 5.97 Å². The van der Waals surface area contributed by atoms with Crippen LogP contribution in [0.5, 0.6) is 0 Å². The van der Waals surface area contributed by atoms with Crippen molar-refractivity contribution in [3.05, 3.63) is 35.4 Å². The predicted molar refractivity (Wildman–Crippen MR) is 87.1 cm³/mol. The summed E-state index contributed by atoms with van der Waals surface area (Å²) in [5.41, 5.74) is 1.67. The average molecular weight is 320 g/mol. The second-order valence-electron chi connectivity index (χ2n) is 6.20. The van der Waals surface area contributed by atoms with Crippen molar-refractivity contribution in [3.8, 4) is 0 Å². The number of hydrogen-bond acceptors (Lipinski definition) is 4. The van der Waals surface area contributed by atoms with Gasteiger partial charge in [0.25, 0.3) is 5.91 Å². The van der Waals surface area contributed by atoms with Gasteiger partial charge in [0.1, 0.15) is 6.61 Å². The predicted octanol–water partition coefficient (Wildman–Crippen LogP) is 1.39. The lowest BCUT2D eigenvalue weighted by molar-refractivity contribution is -0.141. The van der Waals surface area contributed by atoms with Crippen molar-refractivity contribution in [2.45, 2.75) is 33.1 Å². The van der Waals surface area contributed by atoms with Gasteiger partial charge in [-0.25, -0.2) is 0 Å². The van der Waals surface area contributed by atoms with Gasteiger partial charge in [-0.15, -0.1) is 0 Å². The minimum absolute atomic E-state index is 0.0246. The summed E-state index contributed by atoms with van der Waals surface area (Å²) in [6.45, 7) is 7.80. The normalized spacial score (nSPS) is 10.8. The summed E-state index contributed by atoms with van der Waals surface area (Å²) in [6.07, 6.45) is 0. The lowest BCUT2D eigenvalue weighted by Crippen LogP contribution is -2.38. The second kappa shape index (κ2) is 8.31. The summed E-state index contributed by atoms with van der Waals surface area (Å²) in [4.78, 5) is 34.1. The van der Waals surface area contributed by atoms with Crippen LogP contribution in [-0.2, 0) is 19.7 Å². The molecule has 23 heavy (non-hydrogen) atoms. The molecule has 0 bridgehead atoms. The van der Waals surface area contributed by atoms with Gasteiger partial charge in [-0.1, -0.05) is 32.9 Å². The van der Waals surface area contributed by atoms with Crippen LogP contribution in [0.25, 0.3) is 0 Å². The highest BCUT2D eigenvalue weighted by molar-refractivity contribution is 5.96. The molecule has 2 N–H and O–H groups in total. The Kier molecular flexibility index (Phi) is 6.75. The van der Waals surface area contributed by atoms with Crippen LogP contribution in [0.3, 0.4) is 0 Å². The maximum absolute atomic E-state index is 12.0. The number of carbonyl (C=O) groups excluding carboxylic acids is 3. The lowest BCUT2D eigenvalue weighted by Gasteiger charge is -2.19. The van der Waals surface area contributed by atoms with Gasteiger partial charge in [0.05, 0.1) is 13.1 Å². The maximum Gasteiger partial charge on any atom is 0.302 e. The van der Waals surface area contributed by atoms with E-state index in [0.29, 0.717) is 5.56 Å². The molecule has 6 nitrogen and oxygen atoms in total. The van der Waals surface area contributed by atoms with Crippen molar-refractivity contribution in [3.63, 3.8) is 0 Å². The molecule has 0 saturated carbocycles. The molecule has 0 spiro atoms. The lowest BCUT2D eigenvalue weighted by atomic mass is 9.87. The van der Waals surface area contributed by atoms with Crippen LogP contribution in [0, 0.1) is 0 Å². The van der Waals surface area contributed by atoms with Gasteiger partial charge in [-0.05, 0) is 23.1 Å². The van der Waals surface area contributed by atoms with E-state index in [9.17, 15) is 14.4 Å². The van der Waals surface area contributed by atoms with Gasteiger partial charge in [-0.2, -0.15) is 0 Å². The maximum atomic E-state index is 12.0. The highest BCUT2D eigenvalue weighted by Gasteiger charge is 2.14. The zero-order valence-corrected chi connectivity index (χ0v) is 14.1. The second-order valence-corrected chi connectivity index (χ2v) is 6.20. The molecule has 0 heterocycles.